The molecular formula is C21H43N5O. The zero-order valence-corrected chi connectivity index (χ0v) is 18.4. The van der Waals surface area contributed by atoms with Crippen molar-refractivity contribution in [3.05, 3.63) is 0 Å². The molecule has 0 spiro atoms. The van der Waals surface area contributed by atoms with E-state index in [1.54, 1.807) is 0 Å². The number of nitrogens with zero attached hydrogens (tertiary/aromatic N) is 3. The summed E-state index contributed by atoms with van der Waals surface area (Å²) >= 11 is 0. The van der Waals surface area contributed by atoms with Crippen LogP contribution in [0.4, 0.5) is 0 Å². The van der Waals surface area contributed by atoms with Gasteiger partial charge in [0.25, 0.3) is 0 Å². The van der Waals surface area contributed by atoms with Gasteiger partial charge in [0.2, 0.25) is 5.91 Å². The Labute approximate surface area is 167 Å². The lowest BCUT2D eigenvalue weighted by Crippen LogP contribution is -2.50. The van der Waals surface area contributed by atoms with E-state index >= 15 is 0 Å². The molecule has 1 rings (SSSR count). The minimum absolute atomic E-state index is 0.193. The van der Waals surface area contributed by atoms with Crippen LogP contribution in [-0.4, -0.2) is 74.0 Å². The van der Waals surface area contributed by atoms with Gasteiger partial charge in [0, 0.05) is 38.1 Å². The molecule has 1 heterocycles. The molecule has 1 saturated heterocycles. The van der Waals surface area contributed by atoms with Crippen LogP contribution >= 0.6 is 0 Å². The highest BCUT2D eigenvalue weighted by Crippen LogP contribution is 2.17. The molecule has 158 valence electrons. The number of amides is 1. The van der Waals surface area contributed by atoms with E-state index in [9.17, 15) is 4.79 Å². The summed E-state index contributed by atoms with van der Waals surface area (Å²) in [6.07, 6.45) is 6.34. The maximum Gasteiger partial charge on any atom is 0.225 e. The number of likely N-dealkylation sites (N-methyl/N-ethyl adjacent to an activating group) is 1. The number of unbranched alkanes of at least 4 members (excludes halogenated alkanes) is 1. The van der Waals surface area contributed by atoms with Gasteiger partial charge in [0.1, 0.15) is 0 Å². The Morgan fingerprint density at radius 3 is 2.37 bits per heavy atom. The van der Waals surface area contributed by atoms with Crippen molar-refractivity contribution in [2.75, 3.05) is 46.3 Å². The largest absolute Gasteiger partial charge is 0.357 e. The number of rotatable bonds is 11. The summed E-state index contributed by atoms with van der Waals surface area (Å²) in [7, 11) is 2.16. The number of carbonyl (C=O) groups excluding carboxylic acids is 1. The summed E-state index contributed by atoms with van der Waals surface area (Å²) in [4.78, 5) is 21.7. The van der Waals surface area contributed by atoms with Crippen molar-refractivity contribution in [3.63, 3.8) is 0 Å². The lowest BCUT2D eigenvalue weighted by Gasteiger charge is -2.35. The average molecular weight is 382 g/mol. The highest BCUT2D eigenvalue weighted by Gasteiger charge is 2.26. The number of hydrogen-bond donors (Lipinski definition) is 2. The molecule has 0 radical (unpaired) electrons. The van der Waals surface area contributed by atoms with E-state index in [0.29, 0.717) is 11.9 Å². The van der Waals surface area contributed by atoms with Crippen molar-refractivity contribution in [3.8, 4) is 0 Å². The Morgan fingerprint density at radius 2 is 1.81 bits per heavy atom. The number of piperidine rings is 1. The third kappa shape index (κ3) is 8.96. The van der Waals surface area contributed by atoms with Gasteiger partial charge in [-0.2, -0.15) is 0 Å². The van der Waals surface area contributed by atoms with Crippen LogP contribution in [0.3, 0.4) is 0 Å². The first-order chi connectivity index (χ1) is 13.0. The number of guanidine groups is 1. The third-order valence-electron chi connectivity index (χ3n) is 5.47. The van der Waals surface area contributed by atoms with Gasteiger partial charge in [0.05, 0.1) is 6.54 Å². The van der Waals surface area contributed by atoms with Crippen molar-refractivity contribution in [1.82, 2.24) is 20.4 Å². The summed E-state index contributed by atoms with van der Waals surface area (Å²) in [5.41, 5.74) is 0. The fourth-order valence-corrected chi connectivity index (χ4v) is 3.53. The van der Waals surface area contributed by atoms with Crippen LogP contribution in [0.1, 0.15) is 66.2 Å². The molecule has 6 heteroatoms. The Kier molecular flexibility index (Phi) is 12.1. The number of carbonyl (C=O) groups is 1. The Morgan fingerprint density at radius 1 is 1.15 bits per heavy atom. The van der Waals surface area contributed by atoms with Crippen LogP contribution in [-0.2, 0) is 4.79 Å². The summed E-state index contributed by atoms with van der Waals surface area (Å²) in [5.74, 6) is 1.44. The van der Waals surface area contributed by atoms with Crippen LogP contribution in [0, 0.1) is 5.92 Å². The first-order valence-electron chi connectivity index (χ1n) is 11.1. The van der Waals surface area contributed by atoms with Crippen LogP contribution in [0.25, 0.3) is 0 Å². The van der Waals surface area contributed by atoms with Crippen LogP contribution < -0.4 is 10.6 Å². The predicted molar refractivity (Wildman–Crippen MR) is 115 cm³/mol. The molecule has 27 heavy (non-hydrogen) atoms. The first-order valence-corrected chi connectivity index (χ1v) is 11.1. The summed E-state index contributed by atoms with van der Waals surface area (Å²) in [6, 6.07) is 0.395. The number of hydrogen-bond acceptors (Lipinski definition) is 3. The smallest absolute Gasteiger partial charge is 0.225 e. The molecule has 1 fully saturated rings. The van der Waals surface area contributed by atoms with Crippen molar-refractivity contribution in [1.29, 1.82) is 0 Å². The fraction of sp³-hybridized carbons (Fsp3) is 0.905. The van der Waals surface area contributed by atoms with Crippen LogP contribution in [0.2, 0.25) is 0 Å². The maximum atomic E-state index is 12.5. The van der Waals surface area contributed by atoms with E-state index < -0.39 is 0 Å². The molecule has 0 aromatic heterocycles. The second kappa shape index (κ2) is 13.8. The molecule has 1 aliphatic rings. The third-order valence-corrected chi connectivity index (χ3v) is 5.47. The molecule has 0 saturated carbocycles. The van der Waals surface area contributed by atoms with Gasteiger partial charge in [-0.1, -0.05) is 27.2 Å². The van der Waals surface area contributed by atoms with Crippen LogP contribution in [0.15, 0.2) is 4.99 Å². The molecule has 0 unspecified atom stereocenters. The highest BCUT2D eigenvalue weighted by molar-refractivity contribution is 5.80. The van der Waals surface area contributed by atoms with Crippen molar-refractivity contribution in [2.45, 2.75) is 72.3 Å². The standard InChI is InChI=1S/C21H43N5O/c1-6-10-14-25(5)17-13-23-21(22-9-4)24-19-11-15-26(16-12-19)20(27)18(7-2)8-3/h18-19H,6-17H2,1-5H3,(H2,22,23,24). The van der Waals surface area contributed by atoms with E-state index in [0.717, 1.165) is 70.9 Å². The number of likely N-dealkylation sites (tertiary alicyclic amines) is 1. The fourth-order valence-electron chi connectivity index (χ4n) is 3.53. The summed E-state index contributed by atoms with van der Waals surface area (Å²) < 4.78 is 0. The SMILES string of the molecule is CCCCN(C)CCN=C(NCC)NC1CCN(C(=O)C(CC)CC)CC1. The minimum Gasteiger partial charge on any atom is -0.357 e. The monoisotopic (exact) mass is 381 g/mol. The normalized spacial score (nSPS) is 16.3. The molecule has 1 amide bonds. The highest BCUT2D eigenvalue weighted by atomic mass is 16.2. The van der Waals surface area contributed by atoms with Gasteiger partial charge < -0.3 is 20.4 Å². The minimum atomic E-state index is 0.193. The van der Waals surface area contributed by atoms with E-state index in [4.69, 9.17) is 4.99 Å². The Balaban J connectivity index is 2.43. The molecular weight excluding hydrogens is 338 g/mol. The second-order valence-corrected chi connectivity index (χ2v) is 7.67. The van der Waals surface area contributed by atoms with E-state index in [2.05, 4.69) is 55.2 Å². The topological polar surface area (TPSA) is 60.0 Å². The molecule has 0 atom stereocenters. The molecule has 1 aliphatic heterocycles. The molecule has 0 aromatic rings. The molecule has 6 nitrogen and oxygen atoms in total. The van der Waals surface area contributed by atoms with Gasteiger partial charge >= 0.3 is 0 Å². The quantitative estimate of drug-likeness (QED) is 0.427. The zero-order chi connectivity index (χ0) is 20.1. The number of aliphatic imine (C=N–C) groups is 1. The molecule has 0 aliphatic carbocycles. The molecule has 0 bridgehead atoms. The van der Waals surface area contributed by atoms with Gasteiger partial charge in [-0.05, 0) is 52.6 Å². The average Bonchev–Trinajstić information content (AvgIpc) is 2.68. The maximum absolute atomic E-state index is 12.5. The van der Waals surface area contributed by atoms with E-state index in [1.807, 2.05) is 0 Å². The van der Waals surface area contributed by atoms with Crippen molar-refractivity contribution >= 4 is 11.9 Å². The van der Waals surface area contributed by atoms with E-state index in [1.165, 1.54) is 12.8 Å². The van der Waals surface area contributed by atoms with Gasteiger partial charge in [0.15, 0.2) is 5.96 Å². The van der Waals surface area contributed by atoms with Crippen molar-refractivity contribution < 1.29 is 4.79 Å². The van der Waals surface area contributed by atoms with Crippen LogP contribution in [0.5, 0.6) is 0 Å². The lowest BCUT2D eigenvalue weighted by atomic mass is 9.98. The van der Waals surface area contributed by atoms with Gasteiger partial charge in [-0.15, -0.1) is 0 Å². The van der Waals surface area contributed by atoms with Gasteiger partial charge in [-0.25, -0.2) is 0 Å². The summed E-state index contributed by atoms with van der Waals surface area (Å²) in [6.45, 7) is 14.0. The Hall–Kier alpha value is -1.30. The van der Waals surface area contributed by atoms with Crippen molar-refractivity contribution in [2.24, 2.45) is 10.9 Å². The molecule has 0 aromatic carbocycles. The first kappa shape index (κ1) is 23.7. The number of nitrogens with one attached hydrogen (secondary N) is 2. The lowest BCUT2D eigenvalue weighted by molar-refractivity contribution is -0.136. The predicted octanol–water partition coefficient (Wildman–Crippen LogP) is 2.70. The molecule has 2 N–H and O–H groups in total. The van der Waals surface area contributed by atoms with E-state index in [-0.39, 0.29) is 5.92 Å². The van der Waals surface area contributed by atoms with Gasteiger partial charge in [-0.3, -0.25) is 9.79 Å². The summed E-state index contributed by atoms with van der Waals surface area (Å²) in [5, 5.41) is 6.93. The second-order valence-electron chi connectivity index (χ2n) is 7.67. The Bertz CT molecular complexity index is 428. The zero-order valence-electron chi connectivity index (χ0n) is 18.4.